The summed E-state index contributed by atoms with van der Waals surface area (Å²) in [6.45, 7) is 1.14. The van der Waals surface area contributed by atoms with Crippen molar-refractivity contribution in [3.05, 3.63) is 23.9 Å². The van der Waals surface area contributed by atoms with E-state index < -0.39 is 0 Å². The van der Waals surface area contributed by atoms with Gasteiger partial charge in [0.05, 0.1) is 5.56 Å². The Hall–Kier alpha value is -1.60. The number of pyridine rings is 1. The lowest BCUT2D eigenvalue weighted by Gasteiger charge is -2.17. The van der Waals surface area contributed by atoms with Gasteiger partial charge in [-0.25, -0.2) is 4.98 Å². The van der Waals surface area contributed by atoms with Gasteiger partial charge in [0, 0.05) is 19.3 Å². The fourth-order valence-corrected chi connectivity index (χ4v) is 2.42. The SMILES string of the molecule is N#Cc1ccc(NCC2CCCC2CO)nc1. The monoisotopic (exact) mass is 231 g/mol. The van der Waals surface area contributed by atoms with Gasteiger partial charge in [-0.1, -0.05) is 6.42 Å². The number of hydrogen-bond donors (Lipinski definition) is 2. The third kappa shape index (κ3) is 2.95. The number of aliphatic hydroxyl groups is 1. The third-order valence-electron chi connectivity index (χ3n) is 3.49. The molecule has 0 spiro atoms. The van der Waals surface area contributed by atoms with E-state index >= 15 is 0 Å². The number of nitrogens with zero attached hydrogens (tertiary/aromatic N) is 2. The molecule has 0 amide bonds. The number of anilines is 1. The van der Waals surface area contributed by atoms with Crippen molar-refractivity contribution < 1.29 is 5.11 Å². The second kappa shape index (κ2) is 5.65. The smallest absolute Gasteiger partial charge is 0.125 e. The van der Waals surface area contributed by atoms with E-state index in [0.29, 0.717) is 17.4 Å². The molecule has 0 aliphatic heterocycles. The average Bonchev–Trinajstić information content (AvgIpc) is 2.84. The van der Waals surface area contributed by atoms with Crippen LogP contribution in [0.2, 0.25) is 0 Å². The van der Waals surface area contributed by atoms with Crippen LogP contribution in [0.4, 0.5) is 5.82 Å². The lowest BCUT2D eigenvalue weighted by Crippen LogP contribution is -2.21. The molecule has 0 radical (unpaired) electrons. The van der Waals surface area contributed by atoms with E-state index in [4.69, 9.17) is 5.26 Å². The first kappa shape index (κ1) is 11.9. The van der Waals surface area contributed by atoms with Crippen LogP contribution in [-0.4, -0.2) is 23.2 Å². The summed E-state index contributed by atoms with van der Waals surface area (Å²) < 4.78 is 0. The number of aromatic nitrogens is 1. The minimum Gasteiger partial charge on any atom is -0.396 e. The highest BCUT2D eigenvalue weighted by molar-refractivity contribution is 5.38. The van der Waals surface area contributed by atoms with Gasteiger partial charge in [0.1, 0.15) is 11.9 Å². The predicted octanol–water partition coefficient (Wildman–Crippen LogP) is 1.77. The molecule has 1 heterocycles. The van der Waals surface area contributed by atoms with Gasteiger partial charge in [-0.15, -0.1) is 0 Å². The van der Waals surface area contributed by atoms with E-state index in [1.165, 1.54) is 12.8 Å². The predicted molar refractivity (Wildman–Crippen MR) is 65.4 cm³/mol. The molecule has 1 aliphatic carbocycles. The number of rotatable bonds is 4. The molecule has 4 heteroatoms. The zero-order valence-corrected chi connectivity index (χ0v) is 9.76. The largest absolute Gasteiger partial charge is 0.396 e. The molecular formula is C13H17N3O. The Labute approximate surface area is 101 Å². The quantitative estimate of drug-likeness (QED) is 0.828. The van der Waals surface area contributed by atoms with Gasteiger partial charge in [-0.05, 0) is 36.8 Å². The standard InChI is InChI=1S/C13H17N3O/c14-6-10-4-5-13(15-7-10)16-8-11-2-1-3-12(11)9-17/h4-5,7,11-12,17H,1-3,8-9H2,(H,15,16). The van der Waals surface area contributed by atoms with Gasteiger partial charge in [0.25, 0.3) is 0 Å². The summed E-state index contributed by atoms with van der Waals surface area (Å²) >= 11 is 0. The Morgan fingerprint density at radius 3 is 2.88 bits per heavy atom. The van der Waals surface area contributed by atoms with Crippen molar-refractivity contribution >= 4 is 5.82 Å². The first-order valence-corrected chi connectivity index (χ1v) is 6.04. The molecule has 4 nitrogen and oxygen atoms in total. The molecule has 1 aromatic heterocycles. The van der Waals surface area contributed by atoms with E-state index in [9.17, 15) is 5.11 Å². The van der Waals surface area contributed by atoms with Crippen LogP contribution in [0.15, 0.2) is 18.3 Å². The molecule has 0 saturated heterocycles. The number of nitrogens with one attached hydrogen (secondary N) is 1. The minimum atomic E-state index is 0.285. The summed E-state index contributed by atoms with van der Waals surface area (Å²) in [4.78, 5) is 4.17. The van der Waals surface area contributed by atoms with Crippen molar-refractivity contribution in [2.24, 2.45) is 11.8 Å². The fraction of sp³-hybridized carbons (Fsp3) is 0.538. The van der Waals surface area contributed by atoms with Crippen LogP contribution in [-0.2, 0) is 0 Å². The first-order valence-electron chi connectivity index (χ1n) is 6.04. The number of hydrogen-bond acceptors (Lipinski definition) is 4. The molecule has 1 aromatic rings. The average molecular weight is 231 g/mol. The Balaban J connectivity index is 1.87. The third-order valence-corrected chi connectivity index (χ3v) is 3.49. The maximum Gasteiger partial charge on any atom is 0.125 e. The summed E-state index contributed by atoms with van der Waals surface area (Å²) in [5.74, 6) is 1.77. The topological polar surface area (TPSA) is 68.9 Å². The number of nitriles is 1. The van der Waals surface area contributed by atoms with Crippen LogP contribution in [0.3, 0.4) is 0 Å². The van der Waals surface area contributed by atoms with Crippen molar-refractivity contribution in [3.8, 4) is 6.07 Å². The van der Waals surface area contributed by atoms with Crippen LogP contribution < -0.4 is 5.32 Å². The molecular weight excluding hydrogens is 214 g/mol. The Morgan fingerprint density at radius 1 is 1.41 bits per heavy atom. The van der Waals surface area contributed by atoms with Gasteiger partial charge in [-0.3, -0.25) is 0 Å². The van der Waals surface area contributed by atoms with E-state index in [0.717, 1.165) is 18.8 Å². The molecule has 1 fully saturated rings. The molecule has 0 bridgehead atoms. The van der Waals surface area contributed by atoms with Gasteiger partial charge < -0.3 is 10.4 Å². The lowest BCUT2D eigenvalue weighted by molar-refractivity contribution is 0.199. The summed E-state index contributed by atoms with van der Waals surface area (Å²) in [6, 6.07) is 5.62. The van der Waals surface area contributed by atoms with E-state index in [1.807, 2.05) is 12.1 Å². The van der Waals surface area contributed by atoms with Crippen molar-refractivity contribution in [2.45, 2.75) is 19.3 Å². The van der Waals surface area contributed by atoms with Crippen LogP contribution in [0.25, 0.3) is 0 Å². The van der Waals surface area contributed by atoms with Gasteiger partial charge in [-0.2, -0.15) is 5.26 Å². The Kier molecular flexibility index (Phi) is 3.94. The maximum atomic E-state index is 9.22. The summed E-state index contributed by atoms with van der Waals surface area (Å²) in [6.07, 6.45) is 5.08. The summed E-state index contributed by atoms with van der Waals surface area (Å²) in [5.41, 5.74) is 0.574. The summed E-state index contributed by atoms with van der Waals surface area (Å²) in [5, 5.41) is 21.2. The van der Waals surface area contributed by atoms with Crippen LogP contribution in [0.5, 0.6) is 0 Å². The van der Waals surface area contributed by atoms with E-state index in [1.54, 1.807) is 12.3 Å². The highest BCUT2D eigenvalue weighted by Crippen LogP contribution is 2.31. The lowest BCUT2D eigenvalue weighted by atomic mass is 9.97. The summed E-state index contributed by atoms with van der Waals surface area (Å²) in [7, 11) is 0. The molecule has 0 aromatic carbocycles. The first-order chi connectivity index (χ1) is 8.33. The molecule has 2 rings (SSSR count). The van der Waals surface area contributed by atoms with Crippen molar-refractivity contribution in [1.29, 1.82) is 5.26 Å². The highest BCUT2D eigenvalue weighted by atomic mass is 16.3. The van der Waals surface area contributed by atoms with Gasteiger partial charge in [0.2, 0.25) is 0 Å². The molecule has 2 N–H and O–H groups in total. The molecule has 2 atom stereocenters. The van der Waals surface area contributed by atoms with Crippen molar-refractivity contribution in [3.63, 3.8) is 0 Å². The zero-order valence-electron chi connectivity index (χ0n) is 9.76. The maximum absolute atomic E-state index is 9.22. The van der Waals surface area contributed by atoms with Gasteiger partial charge >= 0.3 is 0 Å². The molecule has 90 valence electrons. The highest BCUT2D eigenvalue weighted by Gasteiger charge is 2.26. The second-order valence-corrected chi connectivity index (χ2v) is 4.56. The second-order valence-electron chi connectivity index (χ2n) is 4.56. The van der Waals surface area contributed by atoms with Crippen molar-refractivity contribution in [2.75, 3.05) is 18.5 Å². The minimum absolute atomic E-state index is 0.285. The van der Waals surface area contributed by atoms with Crippen LogP contribution in [0, 0.1) is 23.2 Å². The van der Waals surface area contributed by atoms with Crippen LogP contribution in [0.1, 0.15) is 24.8 Å². The molecule has 1 saturated carbocycles. The van der Waals surface area contributed by atoms with Crippen LogP contribution >= 0.6 is 0 Å². The Bertz CT molecular complexity index is 396. The molecule has 2 unspecified atom stereocenters. The fourth-order valence-electron chi connectivity index (χ4n) is 2.42. The van der Waals surface area contributed by atoms with Gasteiger partial charge in [0.15, 0.2) is 0 Å². The van der Waals surface area contributed by atoms with Crippen molar-refractivity contribution in [1.82, 2.24) is 4.98 Å². The zero-order chi connectivity index (χ0) is 12.1. The molecule has 1 aliphatic rings. The Morgan fingerprint density at radius 2 is 2.24 bits per heavy atom. The molecule has 17 heavy (non-hydrogen) atoms. The normalized spacial score (nSPS) is 23.3. The van der Waals surface area contributed by atoms with E-state index in [2.05, 4.69) is 10.3 Å². The number of aliphatic hydroxyl groups excluding tert-OH is 1. The van der Waals surface area contributed by atoms with E-state index in [-0.39, 0.29) is 6.61 Å².